The van der Waals surface area contributed by atoms with E-state index in [2.05, 4.69) is 41.1 Å². The third-order valence-electron chi connectivity index (χ3n) is 4.08. The van der Waals surface area contributed by atoms with Crippen LogP contribution in [0.3, 0.4) is 0 Å². The topological polar surface area (TPSA) is 28.3 Å². The first-order valence-corrected chi connectivity index (χ1v) is 7.08. The number of likely N-dealkylation sites (tertiary alicyclic amines) is 1. The molecule has 1 aromatic carbocycles. The van der Waals surface area contributed by atoms with Crippen molar-refractivity contribution in [2.45, 2.75) is 32.4 Å². The molecule has 3 rings (SSSR count). The molecule has 1 aliphatic rings. The van der Waals surface area contributed by atoms with Crippen LogP contribution < -0.4 is 0 Å². The van der Waals surface area contributed by atoms with Crippen LogP contribution in [0.1, 0.15) is 24.1 Å². The predicted octanol–water partition coefficient (Wildman–Crippen LogP) is 3.09. The molecule has 0 spiro atoms. The van der Waals surface area contributed by atoms with Gasteiger partial charge in [0.1, 0.15) is 0 Å². The SMILES string of the molecule is COC1CCCN(Cc2cccc3[nH]c(C)cc23)C1. The summed E-state index contributed by atoms with van der Waals surface area (Å²) in [6.07, 6.45) is 2.84. The van der Waals surface area contributed by atoms with Gasteiger partial charge in [-0.2, -0.15) is 0 Å². The molecular weight excluding hydrogens is 236 g/mol. The van der Waals surface area contributed by atoms with Crippen molar-refractivity contribution < 1.29 is 4.74 Å². The summed E-state index contributed by atoms with van der Waals surface area (Å²) in [4.78, 5) is 5.92. The summed E-state index contributed by atoms with van der Waals surface area (Å²) in [5, 5.41) is 1.36. The maximum absolute atomic E-state index is 5.50. The van der Waals surface area contributed by atoms with E-state index in [1.165, 1.54) is 41.5 Å². The first-order valence-electron chi connectivity index (χ1n) is 7.08. The minimum atomic E-state index is 0.404. The quantitative estimate of drug-likeness (QED) is 0.916. The van der Waals surface area contributed by atoms with Gasteiger partial charge in [-0.1, -0.05) is 12.1 Å². The molecule has 2 aromatic rings. The number of hydrogen-bond donors (Lipinski definition) is 1. The second-order valence-electron chi connectivity index (χ2n) is 5.57. The fourth-order valence-corrected chi connectivity index (χ4v) is 3.09. The summed E-state index contributed by atoms with van der Waals surface area (Å²) in [5.74, 6) is 0. The largest absolute Gasteiger partial charge is 0.380 e. The summed E-state index contributed by atoms with van der Waals surface area (Å²) >= 11 is 0. The number of piperidine rings is 1. The molecule has 0 amide bonds. The van der Waals surface area contributed by atoms with Gasteiger partial charge in [0.15, 0.2) is 0 Å². The zero-order valence-corrected chi connectivity index (χ0v) is 11.8. The van der Waals surface area contributed by atoms with E-state index in [9.17, 15) is 0 Å². The minimum Gasteiger partial charge on any atom is -0.380 e. The van der Waals surface area contributed by atoms with Gasteiger partial charge in [0, 0.05) is 36.8 Å². The third-order valence-corrected chi connectivity index (χ3v) is 4.08. The van der Waals surface area contributed by atoms with Crippen molar-refractivity contribution in [3.8, 4) is 0 Å². The minimum absolute atomic E-state index is 0.404. The lowest BCUT2D eigenvalue weighted by molar-refractivity contribution is 0.0287. The van der Waals surface area contributed by atoms with Gasteiger partial charge in [-0.15, -0.1) is 0 Å². The fourth-order valence-electron chi connectivity index (χ4n) is 3.09. The number of H-pyrrole nitrogens is 1. The van der Waals surface area contributed by atoms with Gasteiger partial charge in [0.2, 0.25) is 0 Å². The normalized spacial score (nSPS) is 21.1. The van der Waals surface area contributed by atoms with E-state index in [1.54, 1.807) is 0 Å². The average Bonchev–Trinajstić information content (AvgIpc) is 2.80. The summed E-state index contributed by atoms with van der Waals surface area (Å²) in [6, 6.07) is 8.79. The van der Waals surface area contributed by atoms with Gasteiger partial charge >= 0.3 is 0 Å². The van der Waals surface area contributed by atoms with Gasteiger partial charge in [-0.25, -0.2) is 0 Å². The lowest BCUT2D eigenvalue weighted by Gasteiger charge is -2.32. The van der Waals surface area contributed by atoms with Gasteiger partial charge in [-0.3, -0.25) is 4.90 Å². The number of benzene rings is 1. The van der Waals surface area contributed by atoms with E-state index in [4.69, 9.17) is 4.74 Å². The number of hydrogen-bond acceptors (Lipinski definition) is 2. The molecule has 1 atom stereocenters. The number of methoxy groups -OCH3 is 1. The molecule has 0 bridgehead atoms. The maximum Gasteiger partial charge on any atom is 0.0698 e. The highest BCUT2D eigenvalue weighted by molar-refractivity contribution is 5.83. The van der Waals surface area contributed by atoms with Crippen LogP contribution in [0.2, 0.25) is 0 Å². The Bertz CT molecular complexity index is 561. The Morgan fingerprint density at radius 1 is 1.42 bits per heavy atom. The van der Waals surface area contributed by atoms with Crippen LogP contribution >= 0.6 is 0 Å². The first-order chi connectivity index (χ1) is 9.26. The van der Waals surface area contributed by atoms with E-state index in [1.807, 2.05) is 7.11 Å². The molecule has 1 aromatic heterocycles. The zero-order valence-electron chi connectivity index (χ0n) is 11.8. The van der Waals surface area contributed by atoms with Gasteiger partial charge in [0.25, 0.3) is 0 Å². The lowest BCUT2D eigenvalue weighted by atomic mass is 10.1. The smallest absolute Gasteiger partial charge is 0.0698 e. The van der Waals surface area contributed by atoms with Gasteiger partial charge < -0.3 is 9.72 Å². The van der Waals surface area contributed by atoms with E-state index >= 15 is 0 Å². The summed E-state index contributed by atoms with van der Waals surface area (Å²) in [6.45, 7) is 5.37. The molecule has 0 aliphatic carbocycles. The molecule has 0 radical (unpaired) electrons. The Kier molecular flexibility index (Phi) is 3.58. The summed E-state index contributed by atoms with van der Waals surface area (Å²) < 4.78 is 5.50. The molecule has 1 saturated heterocycles. The van der Waals surface area contributed by atoms with Crippen molar-refractivity contribution in [2.75, 3.05) is 20.2 Å². The third kappa shape index (κ3) is 2.67. The number of fused-ring (bicyclic) bond motifs is 1. The number of rotatable bonds is 3. The fraction of sp³-hybridized carbons (Fsp3) is 0.500. The van der Waals surface area contributed by atoms with Crippen molar-refractivity contribution >= 4 is 10.9 Å². The number of aromatic amines is 1. The standard InChI is InChI=1S/C16H22N2O/c1-12-9-15-13(5-3-7-16(15)17-12)10-18-8-4-6-14(11-18)19-2/h3,5,7,9,14,17H,4,6,8,10-11H2,1-2H3. The summed E-state index contributed by atoms with van der Waals surface area (Å²) in [7, 11) is 1.82. The Labute approximate surface area is 114 Å². The van der Waals surface area contributed by atoms with Crippen LogP contribution in [-0.2, 0) is 11.3 Å². The number of ether oxygens (including phenoxy) is 1. The molecule has 19 heavy (non-hydrogen) atoms. The molecule has 102 valence electrons. The Morgan fingerprint density at radius 2 is 2.32 bits per heavy atom. The monoisotopic (exact) mass is 258 g/mol. The van der Waals surface area contributed by atoms with Crippen LogP contribution in [0.4, 0.5) is 0 Å². The zero-order chi connectivity index (χ0) is 13.2. The molecule has 0 saturated carbocycles. The van der Waals surface area contributed by atoms with Gasteiger partial charge in [-0.05, 0) is 44.0 Å². The van der Waals surface area contributed by atoms with E-state index in [0.717, 1.165) is 13.1 Å². The Hall–Kier alpha value is -1.32. The highest BCUT2D eigenvalue weighted by Crippen LogP contribution is 2.23. The molecule has 3 heteroatoms. The van der Waals surface area contributed by atoms with Crippen molar-refractivity contribution in [1.29, 1.82) is 0 Å². The van der Waals surface area contributed by atoms with Crippen molar-refractivity contribution in [1.82, 2.24) is 9.88 Å². The van der Waals surface area contributed by atoms with Crippen LogP contribution in [0, 0.1) is 6.92 Å². The van der Waals surface area contributed by atoms with E-state index in [0.29, 0.717) is 6.10 Å². The second-order valence-corrected chi connectivity index (χ2v) is 5.57. The number of aromatic nitrogens is 1. The van der Waals surface area contributed by atoms with Crippen molar-refractivity contribution in [2.24, 2.45) is 0 Å². The molecular formula is C16H22N2O. The molecule has 3 nitrogen and oxygen atoms in total. The van der Waals surface area contributed by atoms with Crippen LogP contribution in [0.25, 0.3) is 10.9 Å². The molecule has 1 aliphatic heterocycles. The second kappa shape index (κ2) is 5.35. The average molecular weight is 258 g/mol. The molecule has 1 N–H and O–H groups in total. The van der Waals surface area contributed by atoms with Crippen LogP contribution in [0.15, 0.2) is 24.3 Å². The van der Waals surface area contributed by atoms with Gasteiger partial charge in [0.05, 0.1) is 6.10 Å². The van der Waals surface area contributed by atoms with E-state index < -0.39 is 0 Å². The maximum atomic E-state index is 5.50. The number of nitrogens with zero attached hydrogens (tertiary/aromatic N) is 1. The molecule has 1 unspecified atom stereocenters. The number of nitrogens with one attached hydrogen (secondary N) is 1. The lowest BCUT2D eigenvalue weighted by Crippen LogP contribution is -2.38. The highest BCUT2D eigenvalue weighted by atomic mass is 16.5. The first kappa shape index (κ1) is 12.7. The predicted molar refractivity (Wildman–Crippen MR) is 78.3 cm³/mol. The van der Waals surface area contributed by atoms with Crippen molar-refractivity contribution in [3.63, 3.8) is 0 Å². The highest BCUT2D eigenvalue weighted by Gasteiger charge is 2.19. The van der Waals surface area contributed by atoms with Crippen LogP contribution in [0.5, 0.6) is 0 Å². The Morgan fingerprint density at radius 3 is 3.16 bits per heavy atom. The summed E-state index contributed by atoms with van der Waals surface area (Å²) in [5.41, 5.74) is 3.89. The van der Waals surface area contributed by atoms with E-state index in [-0.39, 0.29) is 0 Å². The number of aryl methyl sites for hydroxylation is 1. The Balaban J connectivity index is 1.81. The van der Waals surface area contributed by atoms with Crippen LogP contribution in [-0.4, -0.2) is 36.2 Å². The van der Waals surface area contributed by atoms with Crippen molar-refractivity contribution in [3.05, 3.63) is 35.5 Å². The molecule has 1 fully saturated rings. The molecule has 2 heterocycles.